The predicted molar refractivity (Wildman–Crippen MR) is 101 cm³/mol. The molecule has 0 aliphatic carbocycles. The van der Waals surface area contributed by atoms with E-state index in [0.717, 1.165) is 24.8 Å². The average molecular weight is 370 g/mol. The first-order valence-corrected chi connectivity index (χ1v) is 10.0. The van der Waals surface area contributed by atoms with Crippen LogP contribution in [-0.2, 0) is 14.3 Å². The number of benzene rings is 1. The molecule has 0 aliphatic heterocycles. The molecular formula is C18H27NO3S2. The van der Waals surface area contributed by atoms with E-state index in [4.69, 9.17) is 4.18 Å². The summed E-state index contributed by atoms with van der Waals surface area (Å²) in [4.78, 5) is 4.36. The van der Waals surface area contributed by atoms with Crippen molar-refractivity contribution in [3.8, 4) is 0 Å². The molecule has 0 N–H and O–H groups in total. The zero-order chi connectivity index (χ0) is 18.2. The number of nitrogens with zero attached hydrogens (tertiary/aromatic N) is 1. The Balaban J connectivity index is 2.36. The summed E-state index contributed by atoms with van der Waals surface area (Å²) in [5.41, 5.74) is 0.843. The van der Waals surface area contributed by atoms with Crippen molar-refractivity contribution < 1.29 is 12.6 Å². The van der Waals surface area contributed by atoms with Crippen molar-refractivity contribution in [3.05, 3.63) is 29.8 Å². The third-order valence-electron chi connectivity index (χ3n) is 3.99. The van der Waals surface area contributed by atoms with E-state index in [2.05, 4.69) is 29.3 Å². The molecule has 1 rings (SSSR count). The van der Waals surface area contributed by atoms with Crippen molar-refractivity contribution in [2.75, 3.05) is 6.61 Å². The van der Waals surface area contributed by atoms with Crippen molar-refractivity contribution in [3.63, 3.8) is 0 Å². The molecule has 0 aromatic heterocycles. The summed E-state index contributed by atoms with van der Waals surface area (Å²) in [6.07, 6.45) is 3.66. The molecule has 0 bridgehead atoms. The summed E-state index contributed by atoms with van der Waals surface area (Å²) in [5, 5.41) is 2.44. The van der Waals surface area contributed by atoms with E-state index < -0.39 is 10.1 Å². The van der Waals surface area contributed by atoms with Gasteiger partial charge in [0.25, 0.3) is 10.1 Å². The minimum Gasteiger partial charge on any atom is -0.266 e. The lowest BCUT2D eigenvalue weighted by Gasteiger charge is -2.19. The van der Waals surface area contributed by atoms with Crippen molar-refractivity contribution in [1.29, 1.82) is 0 Å². The second kappa shape index (κ2) is 9.42. The fourth-order valence-corrected chi connectivity index (χ4v) is 3.51. The second-order valence-corrected chi connectivity index (χ2v) is 8.69. The molecule has 0 saturated heterocycles. The molecule has 24 heavy (non-hydrogen) atoms. The van der Waals surface area contributed by atoms with Gasteiger partial charge in [-0.05, 0) is 63.9 Å². The van der Waals surface area contributed by atoms with Crippen LogP contribution in [0.5, 0.6) is 0 Å². The number of aryl methyl sites for hydroxylation is 1. The van der Waals surface area contributed by atoms with Gasteiger partial charge in [-0.3, -0.25) is 4.18 Å². The lowest BCUT2D eigenvalue weighted by Crippen LogP contribution is -2.16. The third-order valence-corrected chi connectivity index (χ3v) is 5.41. The van der Waals surface area contributed by atoms with Crippen LogP contribution in [0.15, 0.2) is 34.2 Å². The molecule has 0 aliphatic rings. The first kappa shape index (κ1) is 21.0. The van der Waals surface area contributed by atoms with Crippen LogP contribution in [0.3, 0.4) is 0 Å². The van der Waals surface area contributed by atoms with E-state index in [0.29, 0.717) is 12.3 Å². The van der Waals surface area contributed by atoms with Crippen molar-refractivity contribution in [1.82, 2.24) is 0 Å². The molecule has 4 nitrogen and oxygen atoms in total. The lowest BCUT2D eigenvalue weighted by atomic mass is 9.93. The number of hydrogen-bond donors (Lipinski definition) is 0. The largest absolute Gasteiger partial charge is 0.296 e. The van der Waals surface area contributed by atoms with Gasteiger partial charge in [-0.1, -0.05) is 37.5 Å². The van der Waals surface area contributed by atoms with E-state index in [1.807, 2.05) is 20.8 Å². The molecule has 0 heterocycles. The molecule has 1 aromatic carbocycles. The Hall–Kier alpha value is -1.07. The van der Waals surface area contributed by atoms with Crippen molar-refractivity contribution in [2.45, 2.75) is 63.8 Å². The Labute approximate surface area is 151 Å². The van der Waals surface area contributed by atoms with Crippen LogP contribution in [-0.4, -0.2) is 25.7 Å². The number of hydrogen-bond acceptors (Lipinski definition) is 5. The maximum atomic E-state index is 12.1. The van der Waals surface area contributed by atoms with Crippen LogP contribution < -0.4 is 0 Å². The van der Waals surface area contributed by atoms with Gasteiger partial charge in [-0.15, -0.1) is 0 Å². The first-order valence-electron chi connectivity index (χ1n) is 8.21. The Bertz CT molecular complexity index is 660. The maximum absolute atomic E-state index is 12.1. The van der Waals surface area contributed by atoms with E-state index in [1.165, 1.54) is 0 Å². The number of isothiocyanates is 1. The first-order chi connectivity index (χ1) is 11.2. The molecule has 0 spiro atoms. The smallest absolute Gasteiger partial charge is 0.266 e. The van der Waals surface area contributed by atoms with Gasteiger partial charge in [-0.25, -0.2) is 4.99 Å². The zero-order valence-electron chi connectivity index (χ0n) is 14.9. The van der Waals surface area contributed by atoms with Crippen LogP contribution in [0, 0.1) is 12.8 Å². The standard InChI is InChI=1S/C18H27NO3S2/c1-15(6-5-12-18(3,4)19-14-23)11-13-22-24(20,21)17-9-7-16(2)8-10-17/h7-10,15H,5-6,11-13H2,1-4H3. The van der Waals surface area contributed by atoms with Crippen LogP contribution in [0.25, 0.3) is 0 Å². The summed E-state index contributed by atoms with van der Waals surface area (Å²) in [6.45, 7) is 8.30. The molecule has 0 fully saturated rings. The molecule has 6 heteroatoms. The quantitative estimate of drug-likeness (QED) is 0.338. The van der Waals surface area contributed by atoms with E-state index in [1.54, 1.807) is 24.3 Å². The van der Waals surface area contributed by atoms with Gasteiger partial charge in [0.2, 0.25) is 0 Å². The Kier molecular flexibility index (Phi) is 8.23. The van der Waals surface area contributed by atoms with Gasteiger partial charge in [0.05, 0.1) is 22.2 Å². The van der Waals surface area contributed by atoms with Crippen LogP contribution >= 0.6 is 12.2 Å². The summed E-state index contributed by atoms with van der Waals surface area (Å²) in [6, 6.07) is 6.69. The fourth-order valence-electron chi connectivity index (χ4n) is 2.34. The lowest BCUT2D eigenvalue weighted by molar-refractivity contribution is 0.278. The SMILES string of the molecule is Cc1ccc(S(=O)(=O)OCCC(C)CCCC(C)(C)N=C=S)cc1. The molecule has 134 valence electrons. The third kappa shape index (κ3) is 7.67. The minimum atomic E-state index is -3.66. The number of thiocarbonyl (C=S) groups is 1. The molecule has 1 atom stereocenters. The minimum absolute atomic E-state index is 0.174. The molecule has 0 amide bonds. The van der Waals surface area contributed by atoms with Crippen molar-refractivity contribution in [2.24, 2.45) is 10.9 Å². The molecule has 1 unspecified atom stereocenters. The average Bonchev–Trinajstić information content (AvgIpc) is 2.47. The molecule has 0 radical (unpaired) electrons. The van der Waals surface area contributed by atoms with Crippen LogP contribution in [0.1, 0.15) is 52.0 Å². The van der Waals surface area contributed by atoms with E-state index >= 15 is 0 Å². The topological polar surface area (TPSA) is 55.7 Å². The Morgan fingerprint density at radius 3 is 2.46 bits per heavy atom. The molecule has 1 aromatic rings. The number of aliphatic imine (C=N–C) groups is 1. The second-order valence-electron chi connectivity index (χ2n) is 6.89. The van der Waals surface area contributed by atoms with Gasteiger partial charge < -0.3 is 0 Å². The Morgan fingerprint density at radius 1 is 1.25 bits per heavy atom. The van der Waals surface area contributed by atoms with Crippen molar-refractivity contribution >= 4 is 27.5 Å². The molecular weight excluding hydrogens is 342 g/mol. The maximum Gasteiger partial charge on any atom is 0.296 e. The normalized spacial score (nSPS) is 13.3. The summed E-state index contributed by atoms with van der Waals surface area (Å²) >= 11 is 4.65. The summed E-state index contributed by atoms with van der Waals surface area (Å²) in [5.74, 6) is 0.394. The van der Waals surface area contributed by atoms with Gasteiger partial charge in [0, 0.05) is 0 Å². The van der Waals surface area contributed by atoms with Crippen LogP contribution in [0.4, 0.5) is 0 Å². The molecule has 0 saturated carbocycles. The summed E-state index contributed by atoms with van der Waals surface area (Å²) < 4.78 is 29.3. The van der Waals surface area contributed by atoms with E-state index in [-0.39, 0.29) is 17.0 Å². The van der Waals surface area contributed by atoms with Crippen LogP contribution in [0.2, 0.25) is 0 Å². The fraction of sp³-hybridized carbons (Fsp3) is 0.611. The highest BCUT2D eigenvalue weighted by Gasteiger charge is 2.17. The number of rotatable bonds is 10. The Morgan fingerprint density at radius 2 is 1.88 bits per heavy atom. The monoisotopic (exact) mass is 369 g/mol. The van der Waals surface area contributed by atoms with Gasteiger partial charge in [0.15, 0.2) is 0 Å². The highest BCUT2D eigenvalue weighted by atomic mass is 32.2. The summed E-state index contributed by atoms with van der Waals surface area (Å²) in [7, 11) is -3.66. The van der Waals surface area contributed by atoms with Gasteiger partial charge in [0.1, 0.15) is 0 Å². The predicted octanol–water partition coefficient (Wildman–Crippen LogP) is 4.78. The highest BCUT2D eigenvalue weighted by molar-refractivity contribution is 7.86. The highest BCUT2D eigenvalue weighted by Crippen LogP contribution is 2.21. The van der Waals surface area contributed by atoms with Gasteiger partial charge in [-0.2, -0.15) is 8.42 Å². The zero-order valence-corrected chi connectivity index (χ0v) is 16.5. The van der Waals surface area contributed by atoms with Gasteiger partial charge >= 0.3 is 0 Å². The van der Waals surface area contributed by atoms with E-state index in [9.17, 15) is 8.42 Å².